The van der Waals surface area contributed by atoms with E-state index in [4.69, 9.17) is 5.73 Å². The van der Waals surface area contributed by atoms with E-state index in [1.165, 1.54) is 16.4 Å². The van der Waals surface area contributed by atoms with E-state index in [9.17, 15) is 18.5 Å². The molecule has 0 saturated heterocycles. The SMILES string of the molecule is CCCN(CC)S(=O)(=O)c1cc([N+](=O)[O-])ccc1N. The summed E-state index contributed by atoms with van der Waals surface area (Å²) in [7, 11) is -3.80. The van der Waals surface area contributed by atoms with Gasteiger partial charge >= 0.3 is 0 Å². The quantitative estimate of drug-likeness (QED) is 0.486. The summed E-state index contributed by atoms with van der Waals surface area (Å²) in [5.41, 5.74) is 5.36. The average molecular weight is 287 g/mol. The van der Waals surface area contributed by atoms with E-state index in [0.29, 0.717) is 13.0 Å². The van der Waals surface area contributed by atoms with Crippen LogP contribution in [0.5, 0.6) is 0 Å². The van der Waals surface area contributed by atoms with Gasteiger partial charge in [0.05, 0.1) is 10.6 Å². The molecule has 0 aliphatic carbocycles. The maximum atomic E-state index is 12.4. The molecule has 106 valence electrons. The van der Waals surface area contributed by atoms with Crippen LogP contribution in [0.1, 0.15) is 20.3 Å². The van der Waals surface area contributed by atoms with Crippen molar-refractivity contribution in [3.8, 4) is 0 Å². The van der Waals surface area contributed by atoms with Crippen LogP contribution in [0.25, 0.3) is 0 Å². The van der Waals surface area contributed by atoms with Crippen molar-refractivity contribution in [2.75, 3.05) is 18.8 Å². The first kappa shape index (κ1) is 15.4. The summed E-state index contributed by atoms with van der Waals surface area (Å²) >= 11 is 0. The Bertz CT molecular complexity index is 571. The second kappa shape index (κ2) is 5.98. The van der Waals surface area contributed by atoms with E-state index >= 15 is 0 Å². The van der Waals surface area contributed by atoms with Crippen LogP contribution in [0.3, 0.4) is 0 Å². The summed E-state index contributed by atoms with van der Waals surface area (Å²) < 4.78 is 26.0. The predicted molar refractivity (Wildman–Crippen MR) is 72.2 cm³/mol. The van der Waals surface area contributed by atoms with E-state index in [1.807, 2.05) is 6.92 Å². The maximum absolute atomic E-state index is 12.4. The highest BCUT2D eigenvalue weighted by Crippen LogP contribution is 2.26. The van der Waals surface area contributed by atoms with Gasteiger partial charge in [-0.3, -0.25) is 10.1 Å². The third-order valence-corrected chi connectivity index (χ3v) is 4.68. The van der Waals surface area contributed by atoms with Crippen LogP contribution in [0.2, 0.25) is 0 Å². The monoisotopic (exact) mass is 287 g/mol. The van der Waals surface area contributed by atoms with Crippen molar-refractivity contribution in [1.82, 2.24) is 4.31 Å². The standard InChI is InChI=1S/C11H17N3O4S/c1-3-7-13(4-2)19(17,18)11-8-9(14(15)16)5-6-10(11)12/h5-6,8H,3-4,7,12H2,1-2H3. The third kappa shape index (κ3) is 3.21. The lowest BCUT2D eigenvalue weighted by Crippen LogP contribution is -2.32. The Morgan fingerprint density at radius 2 is 2.00 bits per heavy atom. The Labute approximate surface area is 112 Å². The predicted octanol–water partition coefficient (Wildman–Crippen LogP) is 1.60. The topological polar surface area (TPSA) is 107 Å². The number of hydrogen-bond acceptors (Lipinski definition) is 5. The van der Waals surface area contributed by atoms with E-state index in [1.54, 1.807) is 6.92 Å². The first-order chi connectivity index (χ1) is 8.84. The summed E-state index contributed by atoms with van der Waals surface area (Å²) in [4.78, 5) is 9.86. The molecule has 0 bridgehead atoms. The molecule has 0 fully saturated rings. The Morgan fingerprint density at radius 1 is 1.37 bits per heavy atom. The van der Waals surface area contributed by atoms with Crippen molar-refractivity contribution in [3.05, 3.63) is 28.3 Å². The number of nitro groups is 1. The van der Waals surface area contributed by atoms with Crippen molar-refractivity contribution >= 4 is 21.4 Å². The highest BCUT2D eigenvalue weighted by atomic mass is 32.2. The Balaban J connectivity index is 3.34. The Kier molecular flexibility index (Phi) is 4.84. The molecule has 0 spiro atoms. The van der Waals surface area contributed by atoms with Crippen LogP contribution >= 0.6 is 0 Å². The molecule has 2 N–H and O–H groups in total. The van der Waals surface area contributed by atoms with E-state index in [2.05, 4.69) is 0 Å². The fraction of sp³-hybridized carbons (Fsp3) is 0.455. The van der Waals surface area contributed by atoms with Gasteiger partial charge in [0, 0.05) is 25.2 Å². The van der Waals surface area contributed by atoms with Gasteiger partial charge in [0.15, 0.2) is 0 Å². The number of nitrogens with two attached hydrogens (primary N) is 1. The van der Waals surface area contributed by atoms with Gasteiger partial charge in [-0.05, 0) is 12.5 Å². The average Bonchev–Trinajstić information content (AvgIpc) is 2.35. The van der Waals surface area contributed by atoms with Crippen LogP contribution in [-0.4, -0.2) is 30.7 Å². The van der Waals surface area contributed by atoms with Gasteiger partial charge in [-0.2, -0.15) is 4.31 Å². The highest BCUT2D eigenvalue weighted by molar-refractivity contribution is 7.89. The van der Waals surface area contributed by atoms with Crippen molar-refractivity contribution in [1.29, 1.82) is 0 Å². The van der Waals surface area contributed by atoms with Crippen LogP contribution in [0.4, 0.5) is 11.4 Å². The zero-order valence-electron chi connectivity index (χ0n) is 10.9. The first-order valence-electron chi connectivity index (χ1n) is 5.88. The van der Waals surface area contributed by atoms with Crippen molar-refractivity contribution < 1.29 is 13.3 Å². The normalized spacial score (nSPS) is 11.7. The van der Waals surface area contributed by atoms with Gasteiger partial charge < -0.3 is 5.73 Å². The third-order valence-electron chi connectivity index (χ3n) is 2.65. The molecule has 0 radical (unpaired) electrons. The molecule has 0 atom stereocenters. The number of nitrogens with zero attached hydrogens (tertiary/aromatic N) is 2. The molecule has 1 aromatic rings. The number of anilines is 1. The molecular weight excluding hydrogens is 270 g/mol. The zero-order valence-corrected chi connectivity index (χ0v) is 11.7. The maximum Gasteiger partial charge on any atom is 0.270 e. The summed E-state index contributed by atoms with van der Waals surface area (Å²) in [6.45, 7) is 4.20. The Hall–Kier alpha value is -1.67. The smallest absolute Gasteiger partial charge is 0.270 e. The van der Waals surface area contributed by atoms with E-state index in [0.717, 1.165) is 6.07 Å². The van der Waals surface area contributed by atoms with Crippen LogP contribution in [0.15, 0.2) is 23.1 Å². The molecule has 1 rings (SSSR count). The molecule has 19 heavy (non-hydrogen) atoms. The lowest BCUT2D eigenvalue weighted by atomic mass is 10.3. The van der Waals surface area contributed by atoms with Gasteiger partial charge in [-0.25, -0.2) is 8.42 Å². The lowest BCUT2D eigenvalue weighted by molar-refractivity contribution is -0.385. The second-order valence-electron chi connectivity index (χ2n) is 3.98. The largest absolute Gasteiger partial charge is 0.398 e. The van der Waals surface area contributed by atoms with E-state index < -0.39 is 14.9 Å². The molecule has 0 saturated carbocycles. The molecule has 1 aromatic carbocycles. The van der Waals surface area contributed by atoms with Gasteiger partial charge in [-0.1, -0.05) is 13.8 Å². The molecule has 0 unspecified atom stereocenters. The molecular formula is C11H17N3O4S. The van der Waals surface area contributed by atoms with Crippen LogP contribution in [0, 0.1) is 10.1 Å². The van der Waals surface area contributed by atoms with Gasteiger partial charge in [-0.15, -0.1) is 0 Å². The van der Waals surface area contributed by atoms with Crippen molar-refractivity contribution in [2.24, 2.45) is 0 Å². The highest BCUT2D eigenvalue weighted by Gasteiger charge is 2.26. The molecule has 0 aromatic heterocycles. The summed E-state index contributed by atoms with van der Waals surface area (Å²) in [6, 6.07) is 3.43. The molecule has 0 aliphatic heterocycles. The summed E-state index contributed by atoms with van der Waals surface area (Å²) in [6.07, 6.45) is 0.655. The number of rotatable bonds is 6. The number of nitro benzene ring substituents is 1. The van der Waals surface area contributed by atoms with Gasteiger partial charge in [0.2, 0.25) is 10.0 Å². The van der Waals surface area contributed by atoms with Gasteiger partial charge in [0.1, 0.15) is 4.90 Å². The summed E-state index contributed by atoms with van der Waals surface area (Å²) in [5, 5.41) is 10.7. The number of benzene rings is 1. The minimum absolute atomic E-state index is 0.0140. The molecule has 0 aliphatic rings. The molecule has 8 heteroatoms. The van der Waals surface area contributed by atoms with Crippen molar-refractivity contribution in [2.45, 2.75) is 25.2 Å². The fourth-order valence-electron chi connectivity index (χ4n) is 1.70. The minimum Gasteiger partial charge on any atom is -0.398 e. The zero-order chi connectivity index (χ0) is 14.6. The first-order valence-corrected chi connectivity index (χ1v) is 7.32. The fourth-order valence-corrected chi connectivity index (χ4v) is 3.37. The number of sulfonamides is 1. The van der Waals surface area contributed by atoms with Gasteiger partial charge in [0.25, 0.3) is 5.69 Å². The summed E-state index contributed by atoms with van der Waals surface area (Å²) in [5.74, 6) is 0. The Morgan fingerprint density at radius 3 is 2.47 bits per heavy atom. The van der Waals surface area contributed by atoms with Crippen molar-refractivity contribution in [3.63, 3.8) is 0 Å². The molecule has 7 nitrogen and oxygen atoms in total. The molecule has 0 heterocycles. The van der Waals surface area contributed by atoms with Crippen LogP contribution in [-0.2, 0) is 10.0 Å². The minimum atomic E-state index is -3.80. The van der Waals surface area contributed by atoms with E-state index in [-0.39, 0.29) is 22.8 Å². The lowest BCUT2D eigenvalue weighted by Gasteiger charge is -2.20. The number of nitrogen functional groups attached to an aromatic ring is 1. The van der Waals surface area contributed by atoms with Crippen LogP contribution < -0.4 is 5.73 Å². The molecule has 0 amide bonds. The second-order valence-corrected chi connectivity index (χ2v) is 5.88. The number of hydrogen-bond donors (Lipinski definition) is 1. The number of non-ortho nitro benzene ring substituents is 1.